The third-order valence-electron chi connectivity index (χ3n) is 3.57. The van der Waals surface area contributed by atoms with E-state index >= 15 is 0 Å². The van der Waals surface area contributed by atoms with E-state index in [1.807, 2.05) is 4.90 Å². The lowest BCUT2D eigenvalue weighted by molar-refractivity contribution is -0.184. The van der Waals surface area contributed by atoms with Gasteiger partial charge in [-0.25, -0.2) is 0 Å². The number of carbonyl (C=O) groups is 1. The zero-order valence-electron chi connectivity index (χ0n) is 9.82. The molecule has 2 rings (SSSR count). The number of piperidine rings is 1. The molecule has 4 unspecified atom stereocenters. The highest BCUT2D eigenvalue weighted by atomic mass is 16.6. The smallest absolute Gasteiger partial charge is 0.305 e. The highest BCUT2D eigenvalue weighted by Crippen LogP contribution is 2.29. The Hall–Kier alpha value is -0.690. The van der Waals surface area contributed by atoms with E-state index in [1.54, 1.807) is 6.92 Å². The van der Waals surface area contributed by atoms with Crippen molar-refractivity contribution in [2.75, 3.05) is 13.1 Å². The van der Waals surface area contributed by atoms with E-state index in [1.165, 1.54) is 0 Å². The Morgan fingerprint density at radius 1 is 1.35 bits per heavy atom. The molecule has 0 bridgehead atoms. The fourth-order valence-corrected chi connectivity index (χ4v) is 2.67. The Morgan fingerprint density at radius 3 is 2.71 bits per heavy atom. The minimum absolute atomic E-state index is 0.201. The predicted octanol–water partition coefficient (Wildman–Crippen LogP) is -1.52. The minimum atomic E-state index is -1.04. The van der Waals surface area contributed by atoms with Gasteiger partial charge >= 0.3 is 5.97 Å². The van der Waals surface area contributed by atoms with Crippen LogP contribution in [-0.2, 0) is 9.53 Å². The molecule has 2 aliphatic rings. The number of aliphatic hydroxyl groups excluding tert-OH is 3. The maximum atomic E-state index is 11.2. The van der Waals surface area contributed by atoms with Gasteiger partial charge < -0.3 is 20.1 Å². The molecule has 0 aromatic heterocycles. The monoisotopic (exact) mass is 245 g/mol. The van der Waals surface area contributed by atoms with Crippen LogP contribution in [0.5, 0.6) is 0 Å². The van der Waals surface area contributed by atoms with Crippen molar-refractivity contribution in [2.45, 2.75) is 50.2 Å². The lowest BCUT2D eigenvalue weighted by Gasteiger charge is -2.42. The Bertz CT molecular complexity index is 298. The number of carbonyl (C=O) groups excluding carboxylic acids is 1. The van der Waals surface area contributed by atoms with Gasteiger partial charge in [-0.05, 0) is 6.42 Å². The topological polar surface area (TPSA) is 90.2 Å². The lowest BCUT2D eigenvalue weighted by atomic mass is 9.93. The minimum Gasteiger partial charge on any atom is -0.457 e. The molecule has 0 radical (unpaired) electrons. The van der Waals surface area contributed by atoms with Crippen LogP contribution in [0, 0.1) is 0 Å². The van der Waals surface area contributed by atoms with E-state index in [-0.39, 0.29) is 6.42 Å². The standard InChI is InChI=1S/C11H19NO5/c1-2-8(15)17-11-7(14)5-12-4-3-6(13)9(12)10(11)16/h6-7,9-11,13-14,16H,2-5H2,1H3/t6-,7?,9?,10?,11?/m0/s1. The molecule has 17 heavy (non-hydrogen) atoms. The molecule has 0 aromatic carbocycles. The summed E-state index contributed by atoms with van der Waals surface area (Å²) < 4.78 is 5.04. The van der Waals surface area contributed by atoms with Gasteiger partial charge in [0, 0.05) is 19.5 Å². The van der Waals surface area contributed by atoms with E-state index in [4.69, 9.17) is 4.74 Å². The second-order valence-corrected chi connectivity index (χ2v) is 4.71. The van der Waals surface area contributed by atoms with Gasteiger partial charge in [0.15, 0.2) is 6.10 Å². The molecule has 0 aliphatic carbocycles. The number of hydrogen-bond donors (Lipinski definition) is 3. The molecule has 0 aromatic rings. The fourth-order valence-electron chi connectivity index (χ4n) is 2.67. The molecular weight excluding hydrogens is 226 g/mol. The molecule has 2 saturated heterocycles. The third-order valence-corrected chi connectivity index (χ3v) is 3.57. The maximum Gasteiger partial charge on any atom is 0.305 e. The van der Waals surface area contributed by atoms with Gasteiger partial charge in [-0.3, -0.25) is 9.69 Å². The summed E-state index contributed by atoms with van der Waals surface area (Å²) in [6.07, 6.45) is -2.72. The average molecular weight is 245 g/mol. The molecule has 98 valence electrons. The highest BCUT2D eigenvalue weighted by molar-refractivity contribution is 5.69. The first-order chi connectivity index (χ1) is 8.04. The van der Waals surface area contributed by atoms with Crippen molar-refractivity contribution in [3.63, 3.8) is 0 Å². The Labute approximate surface area is 99.8 Å². The second kappa shape index (κ2) is 4.89. The molecule has 0 amide bonds. The Kier molecular flexibility index (Phi) is 3.67. The summed E-state index contributed by atoms with van der Waals surface area (Å²) in [7, 11) is 0. The molecule has 0 saturated carbocycles. The van der Waals surface area contributed by atoms with Gasteiger partial charge in [0.1, 0.15) is 12.2 Å². The average Bonchev–Trinajstić information content (AvgIpc) is 2.65. The molecular formula is C11H19NO5. The predicted molar refractivity (Wildman–Crippen MR) is 58.2 cm³/mol. The van der Waals surface area contributed by atoms with Crippen LogP contribution in [-0.4, -0.2) is 69.7 Å². The van der Waals surface area contributed by atoms with Gasteiger partial charge in [0.2, 0.25) is 0 Å². The molecule has 2 aliphatic heterocycles. The summed E-state index contributed by atoms with van der Waals surface area (Å²) in [5.41, 5.74) is 0. The van der Waals surface area contributed by atoms with Crippen molar-refractivity contribution in [1.82, 2.24) is 4.90 Å². The number of aliphatic hydroxyl groups is 3. The van der Waals surface area contributed by atoms with Crippen molar-refractivity contribution < 1.29 is 24.9 Å². The molecule has 6 nitrogen and oxygen atoms in total. The summed E-state index contributed by atoms with van der Waals surface area (Å²) in [6.45, 7) is 2.62. The van der Waals surface area contributed by atoms with Gasteiger partial charge in [-0.15, -0.1) is 0 Å². The lowest BCUT2D eigenvalue weighted by Crippen LogP contribution is -2.62. The van der Waals surface area contributed by atoms with E-state index in [2.05, 4.69) is 0 Å². The largest absolute Gasteiger partial charge is 0.457 e. The SMILES string of the molecule is CCC(=O)OC1C(O)CN2CC[C@H](O)C2C1O. The number of fused-ring (bicyclic) bond motifs is 1. The van der Waals surface area contributed by atoms with Gasteiger partial charge in [0.05, 0.1) is 12.1 Å². The molecule has 0 spiro atoms. The van der Waals surface area contributed by atoms with Crippen molar-refractivity contribution in [3.8, 4) is 0 Å². The third kappa shape index (κ3) is 2.30. The summed E-state index contributed by atoms with van der Waals surface area (Å²) in [4.78, 5) is 13.1. The van der Waals surface area contributed by atoms with E-state index in [0.29, 0.717) is 19.5 Å². The van der Waals surface area contributed by atoms with Crippen LogP contribution in [0.15, 0.2) is 0 Å². The molecule has 3 N–H and O–H groups in total. The summed E-state index contributed by atoms with van der Waals surface area (Å²) >= 11 is 0. The molecule has 2 heterocycles. The van der Waals surface area contributed by atoms with Crippen molar-refractivity contribution >= 4 is 5.97 Å². The van der Waals surface area contributed by atoms with Crippen molar-refractivity contribution in [2.24, 2.45) is 0 Å². The number of esters is 1. The van der Waals surface area contributed by atoms with Crippen LogP contribution >= 0.6 is 0 Å². The second-order valence-electron chi connectivity index (χ2n) is 4.71. The number of rotatable bonds is 2. The summed E-state index contributed by atoms with van der Waals surface area (Å²) in [5, 5.41) is 29.7. The first-order valence-electron chi connectivity index (χ1n) is 6.02. The van der Waals surface area contributed by atoms with E-state index in [0.717, 1.165) is 0 Å². The number of ether oxygens (including phenoxy) is 1. The zero-order chi connectivity index (χ0) is 12.6. The van der Waals surface area contributed by atoms with Crippen molar-refractivity contribution in [3.05, 3.63) is 0 Å². The maximum absolute atomic E-state index is 11.2. The zero-order valence-corrected chi connectivity index (χ0v) is 9.82. The Balaban J connectivity index is 2.08. The first kappa shape index (κ1) is 12.8. The Morgan fingerprint density at radius 2 is 2.06 bits per heavy atom. The normalized spacial score (nSPS) is 42.2. The van der Waals surface area contributed by atoms with Gasteiger partial charge in [-0.2, -0.15) is 0 Å². The number of hydrogen-bond acceptors (Lipinski definition) is 6. The van der Waals surface area contributed by atoms with Crippen LogP contribution in [0.4, 0.5) is 0 Å². The highest BCUT2D eigenvalue weighted by Gasteiger charge is 2.49. The van der Waals surface area contributed by atoms with E-state index in [9.17, 15) is 20.1 Å². The van der Waals surface area contributed by atoms with Crippen LogP contribution in [0.25, 0.3) is 0 Å². The molecule has 2 fully saturated rings. The van der Waals surface area contributed by atoms with Crippen LogP contribution in [0.3, 0.4) is 0 Å². The quantitative estimate of drug-likeness (QED) is 0.512. The fraction of sp³-hybridized carbons (Fsp3) is 0.909. The summed E-state index contributed by atoms with van der Waals surface area (Å²) in [6, 6.07) is -0.437. The van der Waals surface area contributed by atoms with Gasteiger partial charge in [-0.1, -0.05) is 6.92 Å². The van der Waals surface area contributed by atoms with Gasteiger partial charge in [0.25, 0.3) is 0 Å². The number of nitrogens with zero attached hydrogens (tertiary/aromatic N) is 1. The van der Waals surface area contributed by atoms with Crippen LogP contribution < -0.4 is 0 Å². The van der Waals surface area contributed by atoms with Crippen LogP contribution in [0.1, 0.15) is 19.8 Å². The van der Waals surface area contributed by atoms with E-state index < -0.39 is 36.4 Å². The van der Waals surface area contributed by atoms with Crippen molar-refractivity contribution in [1.29, 1.82) is 0 Å². The summed E-state index contributed by atoms with van der Waals surface area (Å²) in [5.74, 6) is -0.450. The molecule has 5 atom stereocenters. The first-order valence-corrected chi connectivity index (χ1v) is 6.02. The van der Waals surface area contributed by atoms with Crippen LogP contribution in [0.2, 0.25) is 0 Å². The molecule has 6 heteroatoms.